The van der Waals surface area contributed by atoms with Gasteiger partial charge in [-0.25, -0.2) is 8.42 Å². The minimum Gasteiger partial charge on any atom is -0.497 e. The maximum atomic E-state index is 13.7. The lowest BCUT2D eigenvalue weighted by Gasteiger charge is -2.25. The van der Waals surface area contributed by atoms with Crippen LogP contribution in [-0.4, -0.2) is 37.2 Å². The second-order valence-corrected chi connectivity index (χ2v) is 8.76. The molecule has 0 atom stereocenters. The van der Waals surface area contributed by atoms with E-state index < -0.39 is 10.0 Å². The number of anilines is 1. The Morgan fingerprint density at radius 3 is 2.39 bits per heavy atom. The Labute approximate surface area is 180 Å². The molecule has 0 saturated carbocycles. The van der Waals surface area contributed by atoms with Crippen LogP contribution in [0.5, 0.6) is 11.5 Å². The van der Waals surface area contributed by atoms with Gasteiger partial charge in [0.15, 0.2) is 5.65 Å². The molecule has 8 nitrogen and oxygen atoms in total. The third kappa shape index (κ3) is 4.04. The first-order chi connectivity index (χ1) is 14.9. The first-order valence-electron chi connectivity index (χ1n) is 9.53. The topological polar surface area (TPSA) is 86.0 Å². The number of hydrogen-bond donors (Lipinski definition) is 0. The number of sulfonamides is 1. The molecule has 0 amide bonds. The van der Waals surface area contributed by atoms with Gasteiger partial charge in [0.05, 0.1) is 26.5 Å². The van der Waals surface area contributed by atoms with Crippen molar-refractivity contribution in [1.82, 2.24) is 14.6 Å². The van der Waals surface area contributed by atoms with Gasteiger partial charge in [0.25, 0.3) is 10.0 Å². The van der Waals surface area contributed by atoms with Crippen molar-refractivity contribution < 1.29 is 17.9 Å². The van der Waals surface area contributed by atoms with Crippen LogP contribution < -0.4 is 13.8 Å². The van der Waals surface area contributed by atoms with Crippen LogP contribution in [0.3, 0.4) is 0 Å². The summed E-state index contributed by atoms with van der Waals surface area (Å²) in [5.74, 6) is 1.91. The molecule has 2 heterocycles. The fourth-order valence-electron chi connectivity index (χ4n) is 3.27. The SMILES string of the molecule is COc1ccc(N(Cc2cccc(OC)c2)S(=O)(=O)c2ccc3nnc(C)n3c2)cc1. The average molecular weight is 439 g/mol. The zero-order valence-electron chi connectivity index (χ0n) is 17.4. The normalized spacial score (nSPS) is 11.5. The highest BCUT2D eigenvalue weighted by Crippen LogP contribution is 2.28. The second-order valence-electron chi connectivity index (χ2n) is 6.90. The molecule has 0 fully saturated rings. The molecule has 0 saturated heterocycles. The van der Waals surface area contributed by atoms with E-state index in [1.54, 1.807) is 68.1 Å². The summed E-state index contributed by atoms with van der Waals surface area (Å²) >= 11 is 0. The lowest BCUT2D eigenvalue weighted by Crippen LogP contribution is -2.30. The number of ether oxygens (including phenoxy) is 2. The van der Waals surface area contributed by atoms with E-state index in [1.807, 2.05) is 24.3 Å². The van der Waals surface area contributed by atoms with Gasteiger partial charge in [-0.1, -0.05) is 12.1 Å². The van der Waals surface area contributed by atoms with Gasteiger partial charge >= 0.3 is 0 Å². The Kier molecular flexibility index (Phi) is 5.51. The number of rotatable bonds is 7. The zero-order chi connectivity index (χ0) is 22.0. The standard InChI is InChI=1S/C22H22N4O4S/c1-16-23-24-22-12-11-21(15-25(16)22)31(27,28)26(18-7-9-19(29-2)10-8-18)14-17-5-4-6-20(13-17)30-3/h4-13,15H,14H2,1-3H3. The van der Waals surface area contributed by atoms with Crippen molar-refractivity contribution >= 4 is 21.4 Å². The molecule has 0 N–H and O–H groups in total. The summed E-state index contributed by atoms with van der Waals surface area (Å²) in [4.78, 5) is 0.140. The lowest BCUT2D eigenvalue weighted by atomic mass is 10.2. The molecule has 0 spiro atoms. The van der Waals surface area contributed by atoms with Crippen LogP contribution in [-0.2, 0) is 16.6 Å². The van der Waals surface area contributed by atoms with Gasteiger partial charge in [-0.3, -0.25) is 8.71 Å². The molecule has 2 aromatic carbocycles. The largest absolute Gasteiger partial charge is 0.497 e. The van der Waals surface area contributed by atoms with Gasteiger partial charge in [-0.15, -0.1) is 10.2 Å². The quantitative estimate of drug-likeness (QED) is 0.439. The van der Waals surface area contributed by atoms with Gasteiger partial charge in [-0.2, -0.15) is 0 Å². The van der Waals surface area contributed by atoms with E-state index in [0.29, 0.717) is 28.7 Å². The number of hydrogen-bond acceptors (Lipinski definition) is 6. The number of pyridine rings is 1. The van der Waals surface area contributed by atoms with Gasteiger partial charge in [0.2, 0.25) is 0 Å². The molecule has 4 rings (SSSR count). The zero-order valence-corrected chi connectivity index (χ0v) is 18.2. The molecule has 9 heteroatoms. The van der Waals surface area contributed by atoms with Crippen LogP contribution in [0.25, 0.3) is 5.65 Å². The Bertz CT molecular complexity index is 1320. The van der Waals surface area contributed by atoms with Crippen LogP contribution in [0, 0.1) is 6.92 Å². The molecule has 0 radical (unpaired) electrons. The predicted molar refractivity (Wildman–Crippen MR) is 117 cm³/mol. The molecular weight excluding hydrogens is 416 g/mol. The van der Waals surface area contributed by atoms with Crippen LogP contribution in [0.1, 0.15) is 11.4 Å². The Morgan fingerprint density at radius 1 is 0.935 bits per heavy atom. The van der Waals surface area contributed by atoms with E-state index in [4.69, 9.17) is 9.47 Å². The highest BCUT2D eigenvalue weighted by atomic mass is 32.2. The summed E-state index contributed by atoms with van der Waals surface area (Å²) in [6.45, 7) is 1.90. The number of benzene rings is 2. The van der Waals surface area contributed by atoms with E-state index in [-0.39, 0.29) is 11.4 Å². The first-order valence-corrected chi connectivity index (χ1v) is 11.0. The number of fused-ring (bicyclic) bond motifs is 1. The monoisotopic (exact) mass is 438 g/mol. The fourth-order valence-corrected chi connectivity index (χ4v) is 4.72. The van der Waals surface area contributed by atoms with E-state index in [2.05, 4.69) is 10.2 Å². The Balaban J connectivity index is 1.81. The summed E-state index contributed by atoms with van der Waals surface area (Å²) in [5.41, 5.74) is 1.89. The molecule has 0 bridgehead atoms. The summed E-state index contributed by atoms with van der Waals surface area (Å²) in [7, 11) is -0.759. The van der Waals surface area contributed by atoms with Crippen molar-refractivity contribution in [2.45, 2.75) is 18.4 Å². The van der Waals surface area contributed by atoms with Crippen molar-refractivity contribution in [1.29, 1.82) is 0 Å². The van der Waals surface area contributed by atoms with Gasteiger partial charge in [0, 0.05) is 6.20 Å². The van der Waals surface area contributed by atoms with Crippen molar-refractivity contribution in [2.24, 2.45) is 0 Å². The number of methoxy groups -OCH3 is 2. The fraction of sp³-hybridized carbons (Fsp3) is 0.182. The van der Waals surface area contributed by atoms with Crippen LogP contribution >= 0.6 is 0 Å². The maximum Gasteiger partial charge on any atom is 0.266 e. The van der Waals surface area contributed by atoms with Crippen LogP contribution in [0.4, 0.5) is 5.69 Å². The minimum atomic E-state index is -3.90. The third-order valence-corrected chi connectivity index (χ3v) is 6.71. The minimum absolute atomic E-state index is 0.130. The van der Waals surface area contributed by atoms with Crippen molar-refractivity contribution in [3.05, 3.63) is 78.2 Å². The average Bonchev–Trinajstić information content (AvgIpc) is 3.18. The molecule has 0 aliphatic carbocycles. The van der Waals surface area contributed by atoms with E-state index in [1.165, 1.54) is 4.31 Å². The van der Waals surface area contributed by atoms with Crippen molar-refractivity contribution in [3.8, 4) is 11.5 Å². The number of nitrogens with zero attached hydrogens (tertiary/aromatic N) is 4. The maximum absolute atomic E-state index is 13.7. The molecule has 0 unspecified atom stereocenters. The van der Waals surface area contributed by atoms with E-state index in [9.17, 15) is 8.42 Å². The molecule has 31 heavy (non-hydrogen) atoms. The van der Waals surface area contributed by atoms with Crippen LogP contribution in [0.15, 0.2) is 71.8 Å². The molecule has 0 aliphatic rings. The number of aryl methyl sites for hydroxylation is 1. The van der Waals surface area contributed by atoms with E-state index in [0.717, 1.165) is 5.56 Å². The van der Waals surface area contributed by atoms with Gasteiger partial charge < -0.3 is 9.47 Å². The smallest absolute Gasteiger partial charge is 0.266 e. The van der Waals surface area contributed by atoms with Gasteiger partial charge in [0.1, 0.15) is 22.2 Å². The van der Waals surface area contributed by atoms with E-state index >= 15 is 0 Å². The lowest BCUT2D eigenvalue weighted by molar-refractivity contribution is 0.414. The Hall–Kier alpha value is -3.59. The third-order valence-electron chi connectivity index (χ3n) is 4.95. The van der Waals surface area contributed by atoms with Crippen LogP contribution in [0.2, 0.25) is 0 Å². The summed E-state index contributed by atoms with van der Waals surface area (Å²) in [6, 6.07) is 17.4. The summed E-state index contributed by atoms with van der Waals surface area (Å²) < 4.78 is 41.0. The molecule has 4 aromatic rings. The molecule has 160 valence electrons. The second kappa shape index (κ2) is 8.27. The van der Waals surface area contributed by atoms with Crippen molar-refractivity contribution in [3.63, 3.8) is 0 Å². The van der Waals surface area contributed by atoms with Crippen molar-refractivity contribution in [2.75, 3.05) is 18.5 Å². The highest BCUT2D eigenvalue weighted by molar-refractivity contribution is 7.92. The summed E-state index contributed by atoms with van der Waals surface area (Å²) in [6.07, 6.45) is 1.54. The molecule has 2 aromatic heterocycles. The Morgan fingerprint density at radius 2 is 1.68 bits per heavy atom. The highest BCUT2D eigenvalue weighted by Gasteiger charge is 2.26. The first kappa shape index (κ1) is 20.7. The summed E-state index contributed by atoms with van der Waals surface area (Å²) in [5, 5.41) is 8.03. The van der Waals surface area contributed by atoms with Gasteiger partial charge in [-0.05, 0) is 61.0 Å². The molecule has 0 aliphatic heterocycles. The predicted octanol–water partition coefficient (Wildman–Crippen LogP) is 3.45. The number of aromatic nitrogens is 3. The molecular formula is C22H22N4O4S.